The van der Waals surface area contributed by atoms with Crippen LogP contribution in [0, 0.1) is 0 Å². The quantitative estimate of drug-likeness (QED) is 0.451. The highest BCUT2D eigenvalue weighted by molar-refractivity contribution is 5.56. The van der Waals surface area contributed by atoms with Crippen molar-refractivity contribution >= 4 is 17.1 Å². The maximum absolute atomic E-state index is 9.75. The van der Waals surface area contributed by atoms with Gasteiger partial charge in [0.05, 0.1) is 25.3 Å². The van der Waals surface area contributed by atoms with Crippen LogP contribution in [0.1, 0.15) is 48.5 Å². The summed E-state index contributed by atoms with van der Waals surface area (Å²) in [6.07, 6.45) is 2.07. The van der Waals surface area contributed by atoms with E-state index in [1.165, 1.54) is 11.1 Å². The van der Waals surface area contributed by atoms with Crippen LogP contribution in [0.2, 0.25) is 0 Å². The second-order valence-corrected chi connectivity index (χ2v) is 8.77. The predicted octanol–water partition coefficient (Wildman–Crippen LogP) is 4.18. The van der Waals surface area contributed by atoms with Crippen LogP contribution in [-0.4, -0.2) is 23.4 Å². The number of nitrogens with zero attached hydrogens (tertiary/aromatic N) is 1. The Labute approximate surface area is 183 Å². The minimum Gasteiger partial charge on any atom is -0.399 e. The Balaban J connectivity index is 1.73. The molecular formula is C26H31N3O2. The molecule has 0 amide bonds. The fourth-order valence-corrected chi connectivity index (χ4v) is 4.53. The van der Waals surface area contributed by atoms with E-state index in [2.05, 4.69) is 41.3 Å². The van der Waals surface area contributed by atoms with E-state index in [0.717, 1.165) is 35.5 Å². The van der Waals surface area contributed by atoms with Gasteiger partial charge in [-0.1, -0.05) is 43.3 Å². The maximum Gasteiger partial charge on any atom is 0.0549 e. The molecule has 3 aromatic rings. The number of nitrogen functional groups attached to an aromatic ring is 2. The van der Waals surface area contributed by atoms with Crippen molar-refractivity contribution in [2.75, 3.05) is 29.6 Å². The molecule has 1 saturated heterocycles. The Morgan fingerprint density at radius 2 is 1.16 bits per heavy atom. The van der Waals surface area contributed by atoms with Crippen molar-refractivity contribution in [1.82, 2.24) is 0 Å². The summed E-state index contributed by atoms with van der Waals surface area (Å²) in [6, 6.07) is 25.0. The summed E-state index contributed by atoms with van der Waals surface area (Å²) >= 11 is 0. The minimum atomic E-state index is -0.656. The highest BCUT2D eigenvalue weighted by Crippen LogP contribution is 2.47. The topological polar surface area (TPSA) is 95.7 Å². The summed E-state index contributed by atoms with van der Waals surface area (Å²) in [5, 5.41) is 19.5. The zero-order valence-corrected chi connectivity index (χ0v) is 17.9. The summed E-state index contributed by atoms with van der Waals surface area (Å²) in [7, 11) is 0. The van der Waals surface area contributed by atoms with Crippen LogP contribution in [0.3, 0.4) is 0 Å². The second kappa shape index (κ2) is 8.61. The molecule has 0 bridgehead atoms. The largest absolute Gasteiger partial charge is 0.399 e. The third kappa shape index (κ3) is 4.11. The van der Waals surface area contributed by atoms with E-state index in [9.17, 15) is 10.2 Å². The standard InChI is InChI=1S/C26H31N3O2/c1-26(16-30,17-31)20-6-12-23(13-7-20)29-24(18-2-8-21(27)9-3-18)14-15-25(29)19-4-10-22(28)11-5-19/h2-13,24-25,30-31H,14-17,27-28H2,1H3/t24-,25-/m0/s1. The smallest absolute Gasteiger partial charge is 0.0549 e. The molecule has 31 heavy (non-hydrogen) atoms. The van der Waals surface area contributed by atoms with E-state index < -0.39 is 5.41 Å². The van der Waals surface area contributed by atoms with Crippen LogP contribution in [0.5, 0.6) is 0 Å². The second-order valence-electron chi connectivity index (χ2n) is 8.77. The molecule has 0 spiro atoms. The number of benzene rings is 3. The molecule has 6 N–H and O–H groups in total. The van der Waals surface area contributed by atoms with Crippen molar-refractivity contribution in [3.8, 4) is 0 Å². The van der Waals surface area contributed by atoms with Gasteiger partial charge in [0.2, 0.25) is 0 Å². The van der Waals surface area contributed by atoms with Crippen molar-refractivity contribution in [3.63, 3.8) is 0 Å². The number of hydrogen-bond acceptors (Lipinski definition) is 5. The summed E-state index contributed by atoms with van der Waals surface area (Å²) in [4.78, 5) is 2.47. The molecule has 3 aromatic carbocycles. The van der Waals surface area contributed by atoms with Crippen LogP contribution in [0.4, 0.5) is 17.1 Å². The molecule has 2 atom stereocenters. The fourth-order valence-electron chi connectivity index (χ4n) is 4.53. The molecular weight excluding hydrogens is 386 g/mol. The van der Waals surface area contributed by atoms with E-state index >= 15 is 0 Å². The Hall–Kier alpha value is -3.02. The first-order valence-corrected chi connectivity index (χ1v) is 10.8. The maximum atomic E-state index is 9.75. The molecule has 1 heterocycles. The molecule has 5 heteroatoms. The summed E-state index contributed by atoms with van der Waals surface area (Å²) in [5.41, 5.74) is 17.2. The molecule has 0 radical (unpaired) electrons. The fraction of sp³-hybridized carbons (Fsp3) is 0.308. The summed E-state index contributed by atoms with van der Waals surface area (Å²) in [6.45, 7) is 1.66. The van der Waals surface area contributed by atoms with Crippen LogP contribution in [-0.2, 0) is 5.41 Å². The highest BCUT2D eigenvalue weighted by atomic mass is 16.3. The van der Waals surface area contributed by atoms with E-state index in [0.29, 0.717) is 0 Å². The molecule has 1 aliphatic heterocycles. The monoisotopic (exact) mass is 417 g/mol. The lowest BCUT2D eigenvalue weighted by Gasteiger charge is -2.34. The van der Waals surface area contributed by atoms with Gasteiger partial charge >= 0.3 is 0 Å². The lowest BCUT2D eigenvalue weighted by atomic mass is 9.84. The lowest BCUT2D eigenvalue weighted by molar-refractivity contribution is 0.129. The number of aliphatic hydroxyl groups excluding tert-OH is 2. The zero-order chi connectivity index (χ0) is 22.0. The first-order valence-electron chi connectivity index (χ1n) is 10.8. The lowest BCUT2D eigenvalue weighted by Crippen LogP contribution is -2.31. The zero-order valence-electron chi connectivity index (χ0n) is 17.9. The minimum absolute atomic E-state index is 0.102. The van der Waals surface area contributed by atoms with Crippen LogP contribution >= 0.6 is 0 Å². The van der Waals surface area contributed by atoms with Gasteiger partial charge in [-0.25, -0.2) is 0 Å². The Bertz CT molecular complexity index is 943. The summed E-state index contributed by atoms with van der Waals surface area (Å²) in [5.74, 6) is 0. The SMILES string of the molecule is CC(CO)(CO)c1ccc(N2[C@H](c3ccc(N)cc3)CC[C@H]2c2ccc(N)cc2)cc1. The molecule has 0 aliphatic carbocycles. The van der Waals surface area contributed by atoms with Gasteiger partial charge in [0, 0.05) is 22.5 Å². The van der Waals surface area contributed by atoms with Crippen molar-refractivity contribution in [3.05, 3.63) is 89.5 Å². The van der Waals surface area contributed by atoms with Gasteiger partial charge in [-0.05, 0) is 65.9 Å². The van der Waals surface area contributed by atoms with E-state index in [1.54, 1.807) is 0 Å². The third-order valence-corrected chi connectivity index (χ3v) is 6.59. The predicted molar refractivity (Wildman–Crippen MR) is 127 cm³/mol. The molecule has 5 nitrogen and oxygen atoms in total. The van der Waals surface area contributed by atoms with Crippen LogP contribution in [0.25, 0.3) is 0 Å². The number of rotatable bonds is 6. The average molecular weight is 418 g/mol. The van der Waals surface area contributed by atoms with Gasteiger partial charge in [-0.15, -0.1) is 0 Å². The Morgan fingerprint density at radius 3 is 1.55 bits per heavy atom. The number of aliphatic hydroxyl groups is 2. The van der Waals surface area contributed by atoms with Crippen molar-refractivity contribution in [1.29, 1.82) is 0 Å². The van der Waals surface area contributed by atoms with Gasteiger partial charge < -0.3 is 26.6 Å². The number of hydrogen-bond donors (Lipinski definition) is 4. The molecule has 1 aliphatic rings. The molecule has 0 saturated carbocycles. The molecule has 162 valence electrons. The van der Waals surface area contributed by atoms with Gasteiger partial charge in [0.15, 0.2) is 0 Å². The normalized spacial score (nSPS) is 19.0. The van der Waals surface area contributed by atoms with Crippen molar-refractivity contribution in [2.45, 2.75) is 37.3 Å². The van der Waals surface area contributed by atoms with Crippen molar-refractivity contribution < 1.29 is 10.2 Å². The number of nitrogens with two attached hydrogens (primary N) is 2. The van der Waals surface area contributed by atoms with Gasteiger partial charge in [-0.2, -0.15) is 0 Å². The first kappa shape index (κ1) is 21.2. The van der Waals surface area contributed by atoms with E-state index in [-0.39, 0.29) is 25.3 Å². The van der Waals surface area contributed by atoms with Crippen LogP contribution in [0.15, 0.2) is 72.8 Å². The van der Waals surface area contributed by atoms with E-state index in [1.807, 2.05) is 43.3 Å². The van der Waals surface area contributed by atoms with E-state index in [4.69, 9.17) is 11.5 Å². The van der Waals surface area contributed by atoms with Crippen molar-refractivity contribution in [2.24, 2.45) is 0 Å². The first-order chi connectivity index (χ1) is 14.9. The molecule has 0 unspecified atom stereocenters. The average Bonchev–Trinajstić information content (AvgIpc) is 3.24. The molecule has 4 rings (SSSR count). The third-order valence-electron chi connectivity index (χ3n) is 6.59. The molecule has 1 fully saturated rings. The molecule has 0 aromatic heterocycles. The van der Waals surface area contributed by atoms with Crippen LogP contribution < -0.4 is 16.4 Å². The van der Waals surface area contributed by atoms with Gasteiger partial charge in [0.1, 0.15) is 0 Å². The summed E-state index contributed by atoms with van der Waals surface area (Å²) < 4.78 is 0. The number of anilines is 3. The Kier molecular flexibility index (Phi) is 5.90. The highest BCUT2D eigenvalue weighted by Gasteiger charge is 2.36. The Morgan fingerprint density at radius 1 is 0.742 bits per heavy atom. The van der Waals surface area contributed by atoms with Gasteiger partial charge in [-0.3, -0.25) is 0 Å². The van der Waals surface area contributed by atoms with Gasteiger partial charge in [0.25, 0.3) is 0 Å².